The summed E-state index contributed by atoms with van der Waals surface area (Å²) in [6, 6.07) is 0. The molecule has 2 aliphatic rings. The minimum atomic E-state index is -0.159. The Labute approximate surface area is 110 Å². The van der Waals surface area contributed by atoms with Crippen molar-refractivity contribution in [3.63, 3.8) is 0 Å². The van der Waals surface area contributed by atoms with Crippen molar-refractivity contribution in [1.82, 2.24) is 4.90 Å². The van der Waals surface area contributed by atoms with E-state index in [1.165, 1.54) is 0 Å². The quantitative estimate of drug-likeness (QED) is 0.697. The van der Waals surface area contributed by atoms with Gasteiger partial charge in [0.25, 0.3) is 0 Å². The Kier molecular flexibility index (Phi) is 5.01. The number of hydrogen-bond donors (Lipinski definition) is 2. The number of rotatable bonds is 6. The molecule has 1 saturated heterocycles. The van der Waals surface area contributed by atoms with Crippen LogP contribution in [0.3, 0.4) is 0 Å². The Hall–Kier alpha value is -0.160. The predicted molar refractivity (Wildman–Crippen MR) is 70.5 cm³/mol. The molecule has 2 unspecified atom stereocenters. The zero-order valence-corrected chi connectivity index (χ0v) is 11.5. The van der Waals surface area contributed by atoms with E-state index in [-0.39, 0.29) is 17.6 Å². The summed E-state index contributed by atoms with van der Waals surface area (Å²) >= 11 is 0. The number of ether oxygens (including phenoxy) is 1. The van der Waals surface area contributed by atoms with Crippen LogP contribution in [0.5, 0.6) is 0 Å². The van der Waals surface area contributed by atoms with Crippen LogP contribution in [0.4, 0.5) is 0 Å². The Morgan fingerprint density at radius 1 is 1.28 bits per heavy atom. The van der Waals surface area contributed by atoms with Crippen molar-refractivity contribution in [3.8, 4) is 0 Å². The van der Waals surface area contributed by atoms with Gasteiger partial charge in [-0.15, -0.1) is 0 Å². The molecule has 1 saturated carbocycles. The fourth-order valence-corrected chi connectivity index (χ4v) is 3.46. The van der Waals surface area contributed by atoms with Crippen LogP contribution < -0.4 is 0 Å². The van der Waals surface area contributed by atoms with Crippen LogP contribution in [0.2, 0.25) is 0 Å². The van der Waals surface area contributed by atoms with Crippen molar-refractivity contribution in [2.75, 3.05) is 32.8 Å². The Balaban J connectivity index is 1.78. The van der Waals surface area contributed by atoms with Gasteiger partial charge in [-0.25, -0.2) is 0 Å². The van der Waals surface area contributed by atoms with E-state index >= 15 is 0 Å². The van der Waals surface area contributed by atoms with Crippen LogP contribution in [0.1, 0.15) is 39.0 Å². The Morgan fingerprint density at radius 2 is 2.00 bits per heavy atom. The van der Waals surface area contributed by atoms with Crippen molar-refractivity contribution in [3.05, 3.63) is 0 Å². The largest absolute Gasteiger partial charge is 0.396 e. The first-order chi connectivity index (χ1) is 8.73. The predicted octanol–water partition coefficient (Wildman–Crippen LogP) is 1.01. The minimum Gasteiger partial charge on any atom is -0.396 e. The van der Waals surface area contributed by atoms with Crippen molar-refractivity contribution in [2.45, 2.75) is 51.2 Å². The van der Waals surface area contributed by atoms with Crippen LogP contribution in [0, 0.1) is 5.41 Å². The van der Waals surface area contributed by atoms with Crippen molar-refractivity contribution >= 4 is 0 Å². The van der Waals surface area contributed by atoms with Crippen molar-refractivity contribution in [2.24, 2.45) is 5.41 Å². The van der Waals surface area contributed by atoms with Gasteiger partial charge in [-0.05, 0) is 52.2 Å². The Bertz CT molecular complexity index is 249. The second-order valence-electron chi connectivity index (χ2n) is 5.70. The number of piperidine rings is 1. The highest BCUT2D eigenvalue weighted by Crippen LogP contribution is 2.50. The van der Waals surface area contributed by atoms with E-state index in [0.717, 1.165) is 58.3 Å². The fraction of sp³-hybridized carbons (Fsp3) is 1.00. The number of unbranched alkanes of at least 4 members (excludes halogenated alkanes) is 1. The molecule has 0 aromatic rings. The summed E-state index contributed by atoms with van der Waals surface area (Å²) in [7, 11) is 0. The summed E-state index contributed by atoms with van der Waals surface area (Å²) < 4.78 is 5.76. The van der Waals surface area contributed by atoms with Gasteiger partial charge in [0.1, 0.15) is 0 Å². The van der Waals surface area contributed by atoms with Crippen LogP contribution in [0.15, 0.2) is 0 Å². The maximum atomic E-state index is 10.1. The van der Waals surface area contributed by atoms with Gasteiger partial charge in [0, 0.05) is 25.0 Å². The zero-order valence-electron chi connectivity index (χ0n) is 11.5. The topological polar surface area (TPSA) is 52.9 Å². The standard InChI is InChI=1S/C14H27NO3/c1-2-18-13-11-12(17)14(13)5-8-15(9-6-14)7-3-4-10-16/h12-13,16-17H,2-11H2,1H3. The number of aliphatic hydroxyl groups is 2. The molecular formula is C14H27NO3. The first kappa shape index (κ1) is 14.3. The maximum absolute atomic E-state index is 10.1. The molecule has 2 N–H and O–H groups in total. The number of hydrogen-bond acceptors (Lipinski definition) is 4. The normalized spacial score (nSPS) is 31.5. The number of nitrogens with zero attached hydrogens (tertiary/aromatic N) is 1. The third-order valence-electron chi connectivity index (χ3n) is 4.78. The smallest absolute Gasteiger partial charge is 0.0681 e. The average Bonchev–Trinajstić information content (AvgIpc) is 2.40. The molecule has 18 heavy (non-hydrogen) atoms. The molecule has 106 valence electrons. The molecule has 0 aromatic carbocycles. The van der Waals surface area contributed by atoms with Gasteiger partial charge in [-0.3, -0.25) is 0 Å². The van der Waals surface area contributed by atoms with Crippen molar-refractivity contribution in [1.29, 1.82) is 0 Å². The van der Waals surface area contributed by atoms with Crippen LogP contribution >= 0.6 is 0 Å². The lowest BCUT2D eigenvalue weighted by Gasteiger charge is -2.56. The maximum Gasteiger partial charge on any atom is 0.0681 e. The van der Waals surface area contributed by atoms with Gasteiger partial charge in [0.2, 0.25) is 0 Å². The first-order valence-corrected chi connectivity index (χ1v) is 7.36. The molecule has 0 amide bonds. The zero-order chi connectivity index (χ0) is 13.0. The van der Waals surface area contributed by atoms with E-state index in [4.69, 9.17) is 9.84 Å². The van der Waals surface area contributed by atoms with E-state index in [1.807, 2.05) is 6.92 Å². The summed E-state index contributed by atoms with van der Waals surface area (Å²) in [6.45, 7) is 6.27. The average molecular weight is 257 g/mol. The molecule has 1 aliphatic carbocycles. The summed E-state index contributed by atoms with van der Waals surface area (Å²) in [5.41, 5.74) is 0.0451. The van der Waals surface area contributed by atoms with Gasteiger partial charge in [-0.2, -0.15) is 0 Å². The summed E-state index contributed by atoms with van der Waals surface area (Å²) in [5.74, 6) is 0. The van der Waals surface area contributed by atoms with Gasteiger partial charge >= 0.3 is 0 Å². The van der Waals surface area contributed by atoms with E-state index in [0.29, 0.717) is 6.61 Å². The molecule has 2 rings (SSSR count). The van der Waals surface area contributed by atoms with Crippen LogP contribution in [-0.2, 0) is 4.74 Å². The van der Waals surface area contributed by atoms with Crippen LogP contribution in [-0.4, -0.2) is 60.2 Å². The molecule has 2 fully saturated rings. The molecule has 0 bridgehead atoms. The third-order valence-corrected chi connectivity index (χ3v) is 4.78. The lowest BCUT2D eigenvalue weighted by molar-refractivity contribution is -0.209. The molecule has 1 heterocycles. The van der Waals surface area contributed by atoms with Gasteiger partial charge < -0.3 is 19.8 Å². The number of aliphatic hydroxyl groups excluding tert-OH is 2. The molecule has 0 aromatic heterocycles. The lowest BCUT2D eigenvalue weighted by atomic mass is 9.58. The highest BCUT2D eigenvalue weighted by Gasteiger charge is 2.55. The highest BCUT2D eigenvalue weighted by molar-refractivity contribution is 5.06. The van der Waals surface area contributed by atoms with E-state index in [9.17, 15) is 5.11 Å². The Morgan fingerprint density at radius 3 is 2.56 bits per heavy atom. The van der Waals surface area contributed by atoms with Crippen molar-refractivity contribution < 1.29 is 14.9 Å². The summed E-state index contributed by atoms with van der Waals surface area (Å²) in [6.07, 6.45) is 5.01. The molecular weight excluding hydrogens is 230 g/mol. The molecule has 4 nitrogen and oxygen atoms in total. The first-order valence-electron chi connectivity index (χ1n) is 7.36. The SMILES string of the molecule is CCOC1CC(O)C12CCN(CCCCO)CC2. The molecule has 1 spiro atoms. The number of likely N-dealkylation sites (tertiary alicyclic amines) is 1. The minimum absolute atomic E-state index is 0.0451. The molecule has 1 aliphatic heterocycles. The van der Waals surface area contributed by atoms with Crippen LogP contribution in [0.25, 0.3) is 0 Å². The highest BCUT2D eigenvalue weighted by atomic mass is 16.5. The third kappa shape index (κ3) is 2.72. The second-order valence-corrected chi connectivity index (χ2v) is 5.70. The molecule has 2 atom stereocenters. The monoisotopic (exact) mass is 257 g/mol. The summed E-state index contributed by atoms with van der Waals surface area (Å²) in [4.78, 5) is 2.45. The van der Waals surface area contributed by atoms with Gasteiger partial charge in [-0.1, -0.05) is 0 Å². The van der Waals surface area contributed by atoms with E-state index < -0.39 is 0 Å². The molecule has 4 heteroatoms. The van der Waals surface area contributed by atoms with E-state index in [2.05, 4.69) is 4.90 Å². The summed E-state index contributed by atoms with van der Waals surface area (Å²) in [5, 5.41) is 18.9. The molecule has 0 radical (unpaired) electrons. The van der Waals surface area contributed by atoms with Gasteiger partial charge in [0.15, 0.2) is 0 Å². The lowest BCUT2D eigenvalue weighted by Crippen LogP contribution is -2.62. The fourth-order valence-electron chi connectivity index (χ4n) is 3.46. The second kappa shape index (κ2) is 6.33. The van der Waals surface area contributed by atoms with E-state index in [1.54, 1.807) is 0 Å². The van der Waals surface area contributed by atoms with Gasteiger partial charge in [0.05, 0.1) is 12.2 Å².